The first-order chi connectivity index (χ1) is 19.2. The van der Waals surface area contributed by atoms with E-state index in [4.69, 9.17) is 9.72 Å². The van der Waals surface area contributed by atoms with Crippen molar-refractivity contribution >= 4 is 38.8 Å². The molecule has 2 saturated heterocycles. The molecule has 4 aromatic rings. The topological polar surface area (TPSA) is 99.2 Å². The van der Waals surface area contributed by atoms with Crippen molar-refractivity contribution in [3.05, 3.63) is 56.8 Å². The predicted octanol–water partition coefficient (Wildman–Crippen LogP) is 3.88. The summed E-state index contributed by atoms with van der Waals surface area (Å²) in [6, 6.07) is 4.73. The zero-order valence-corrected chi connectivity index (χ0v) is 23.9. The Hall–Kier alpha value is -3.51. The molecule has 6 heterocycles. The fourth-order valence-corrected chi connectivity index (χ4v) is 7.09. The van der Waals surface area contributed by atoms with Gasteiger partial charge in [-0.15, -0.1) is 0 Å². The summed E-state index contributed by atoms with van der Waals surface area (Å²) in [6.45, 7) is 2.81. The minimum absolute atomic E-state index is 0.265. The molecule has 1 spiro atoms. The van der Waals surface area contributed by atoms with Gasteiger partial charge in [-0.3, -0.25) is 19.8 Å². The van der Waals surface area contributed by atoms with Crippen LogP contribution in [-0.2, 0) is 19.6 Å². The van der Waals surface area contributed by atoms with Gasteiger partial charge in [0.25, 0.3) is 11.5 Å². The van der Waals surface area contributed by atoms with Crippen LogP contribution in [0, 0.1) is 11.7 Å². The minimum atomic E-state index is -0.412. The molecule has 10 nitrogen and oxygen atoms in total. The average Bonchev–Trinajstić information content (AvgIpc) is 3.32. The molecule has 1 unspecified atom stereocenters. The number of nitrogens with one attached hydrogen (secondary N) is 1. The first-order valence-electron chi connectivity index (χ1n) is 13.5. The van der Waals surface area contributed by atoms with Crippen LogP contribution in [0.5, 0.6) is 5.88 Å². The fraction of sp³-hybridized carbons (Fsp3) is 0.429. The number of ether oxygens (including phenoxy) is 1. The lowest BCUT2D eigenvalue weighted by molar-refractivity contribution is 0.102. The summed E-state index contributed by atoms with van der Waals surface area (Å²) in [5, 5.41) is 7.38. The minimum Gasteiger partial charge on any atom is -0.476 e. The fourth-order valence-electron chi connectivity index (χ4n) is 6.76. The van der Waals surface area contributed by atoms with Crippen LogP contribution < -0.4 is 15.6 Å². The highest BCUT2D eigenvalue weighted by Crippen LogP contribution is 2.45. The largest absolute Gasteiger partial charge is 0.476 e. The number of hydrogen-bond acceptors (Lipinski definition) is 6. The SMILES string of the molecule is Cn1ncc2c1OCCN1CC3CCC(CC3)(C1)n1c(nc3cc(F)c(Br)cc31)NC(=O)c1cc-2c(=O)n(C)c1. The van der Waals surface area contributed by atoms with Gasteiger partial charge < -0.3 is 13.9 Å². The number of carbonyl (C=O) groups is 1. The number of carbonyl (C=O) groups excluding carboxylic acids is 1. The van der Waals surface area contributed by atoms with Gasteiger partial charge in [0, 0.05) is 46.0 Å². The molecule has 3 aliphatic heterocycles. The maximum Gasteiger partial charge on any atom is 0.259 e. The van der Waals surface area contributed by atoms with E-state index >= 15 is 0 Å². The number of anilines is 1. The molecular weight excluding hydrogens is 581 g/mol. The van der Waals surface area contributed by atoms with Gasteiger partial charge in [0.2, 0.25) is 11.8 Å². The van der Waals surface area contributed by atoms with Crippen molar-refractivity contribution in [3.63, 3.8) is 0 Å². The Morgan fingerprint density at radius 2 is 1.95 bits per heavy atom. The van der Waals surface area contributed by atoms with E-state index in [9.17, 15) is 14.0 Å². The van der Waals surface area contributed by atoms with Crippen LogP contribution in [0.25, 0.3) is 22.2 Å². The van der Waals surface area contributed by atoms with E-state index in [1.54, 1.807) is 37.1 Å². The second-order valence-corrected chi connectivity index (χ2v) is 12.1. The number of amides is 1. The summed E-state index contributed by atoms with van der Waals surface area (Å²) in [5.74, 6) is 0.614. The molecule has 8 rings (SSSR count). The summed E-state index contributed by atoms with van der Waals surface area (Å²) in [6.07, 6.45) is 7.07. The molecule has 0 radical (unpaired) electrons. The lowest BCUT2D eigenvalue weighted by atomic mass is 9.78. The molecule has 12 heteroatoms. The normalized spacial score (nSPS) is 24.4. The van der Waals surface area contributed by atoms with Gasteiger partial charge in [-0.05, 0) is 59.7 Å². The standard InChI is InChI=1S/C28H29BrFN7O3/c1-34-14-17-9-18(25(34)39)19-12-31-35(2)26(19)40-8-7-36-13-16-3-5-28(15-36,6-4-16)37-23-10-20(29)21(30)11-22(23)32-27(37)33-24(17)38/h9-12,14,16H,3-8,13,15H2,1-2H3,(H,32,33,38). The van der Waals surface area contributed by atoms with Crippen molar-refractivity contribution in [2.24, 2.45) is 20.0 Å². The molecule has 208 valence electrons. The summed E-state index contributed by atoms with van der Waals surface area (Å²) in [5.41, 5.74) is 1.79. The second-order valence-electron chi connectivity index (χ2n) is 11.3. The first-order valence-corrected chi connectivity index (χ1v) is 14.3. The van der Waals surface area contributed by atoms with E-state index in [0.29, 0.717) is 52.0 Å². The van der Waals surface area contributed by atoms with Crippen LogP contribution in [-0.4, -0.2) is 60.9 Å². The average molecular weight is 610 g/mol. The maximum absolute atomic E-state index is 14.6. The highest BCUT2D eigenvalue weighted by atomic mass is 79.9. The monoisotopic (exact) mass is 609 g/mol. The van der Waals surface area contributed by atoms with Gasteiger partial charge >= 0.3 is 0 Å². The maximum atomic E-state index is 14.6. The number of aryl methyl sites for hydroxylation is 2. The summed E-state index contributed by atoms with van der Waals surface area (Å²) >= 11 is 3.36. The van der Waals surface area contributed by atoms with Crippen LogP contribution >= 0.6 is 15.9 Å². The summed E-state index contributed by atoms with van der Waals surface area (Å²) < 4.78 is 26.4. The number of pyridine rings is 1. The zero-order valence-electron chi connectivity index (χ0n) is 22.3. The molecule has 1 atom stereocenters. The van der Waals surface area contributed by atoms with E-state index in [-0.39, 0.29) is 16.7 Å². The summed E-state index contributed by atoms with van der Waals surface area (Å²) in [4.78, 5) is 34.1. The predicted molar refractivity (Wildman–Crippen MR) is 151 cm³/mol. The van der Waals surface area contributed by atoms with Crippen molar-refractivity contribution in [1.29, 1.82) is 0 Å². The third-order valence-electron chi connectivity index (χ3n) is 8.73. The number of aromatic nitrogens is 5. The van der Waals surface area contributed by atoms with Crippen molar-refractivity contribution < 1.29 is 13.9 Å². The molecule has 3 aromatic heterocycles. The van der Waals surface area contributed by atoms with Crippen LogP contribution in [0.15, 0.2) is 39.9 Å². The van der Waals surface area contributed by atoms with Crippen molar-refractivity contribution in [2.45, 2.75) is 31.2 Å². The van der Waals surface area contributed by atoms with E-state index in [2.05, 4.69) is 35.8 Å². The number of imidazole rings is 1. The van der Waals surface area contributed by atoms with Gasteiger partial charge in [-0.1, -0.05) is 0 Å². The molecule has 3 fully saturated rings. The van der Waals surface area contributed by atoms with E-state index in [1.165, 1.54) is 16.8 Å². The van der Waals surface area contributed by atoms with Crippen LogP contribution in [0.2, 0.25) is 0 Å². The Balaban J connectivity index is 1.45. The van der Waals surface area contributed by atoms with Crippen LogP contribution in [0.3, 0.4) is 0 Å². The van der Waals surface area contributed by atoms with Gasteiger partial charge in [0.1, 0.15) is 12.4 Å². The van der Waals surface area contributed by atoms with E-state index in [0.717, 1.165) is 44.3 Å². The molecule has 4 aliphatic rings. The lowest BCUT2D eigenvalue weighted by Gasteiger charge is -2.40. The van der Waals surface area contributed by atoms with Crippen molar-refractivity contribution in [3.8, 4) is 17.0 Å². The number of benzene rings is 1. The van der Waals surface area contributed by atoms with Crippen LogP contribution in [0.4, 0.5) is 10.3 Å². The highest BCUT2D eigenvalue weighted by Gasteiger charge is 2.44. The Bertz CT molecular complexity index is 1730. The number of halogens is 2. The number of fused-ring (bicyclic) bond motifs is 9. The molecule has 5 bridgehead atoms. The highest BCUT2D eigenvalue weighted by molar-refractivity contribution is 9.10. The lowest BCUT2D eigenvalue weighted by Crippen LogP contribution is -2.45. The van der Waals surface area contributed by atoms with Crippen molar-refractivity contribution in [2.75, 3.05) is 31.6 Å². The second kappa shape index (κ2) is 9.27. The Kier molecular flexibility index (Phi) is 5.90. The Morgan fingerprint density at radius 1 is 1.15 bits per heavy atom. The van der Waals surface area contributed by atoms with Gasteiger partial charge in [0.15, 0.2) is 0 Å². The van der Waals surface area contributed by atoms with E-state index in [1.807, 2.05) is 0 Å². The van der Waals surface area contributed by atoms with Gasteiger partial charge in [0.05, 0.1) is 43.9 Å². The van der Waals surface area contributed by atoms with E-state index < -0.39 is 11.7 Å². The van der Waals surface area contributed by atoms with Crippen molar-refractivity contribution in [1.82, 2.24) is 28.8 Å². The van der Waals surface area contributed by atoms with Gasteiger partial charge in [-0.25, -0.2) is 14.1 Å². The zero-order chi connectivity index (χ0) is 27.8. The van der Waals surface area contributed by atoms with Gasteiger partial charge in [-0.2, -0.15) is 5.10 Å². The molecule has 40 heavy (non-hydrogen) atoms. The first kappa shape index (κ1) is 25.5. The number of nitrogens with zero attached hydrogens (tertiary/aromatic N) is 6. The van der Waals surface area contributed by atoms with Crippen LogP contribution in [0.1, 0.15) is 36.0 Å². The third kappa shape index (κ3) is 3.99. The molecule has 1 N–H and O–H groups in total. The molecule has 1 aliphatic carbocycles. The molecule has 1 amide bonds. The molecule has 1 saturated carbocycles. The molecule has 1 aromatic carbocycles. The smallest absolute Gasteiger partial charge is 0.259 e. The third-order valence-corrected chi connectivity index (χ3v) is 9.34. The Labute approximate surface area is 237 Å². The summed E-state index contributed by atoms with van der Waals surface area (Å²) in [7, 11) is 3.39. The Morgan fingerprint density at radius 3 is 2.75 bits per heavy atom. The molecular formula is C28H29BrFN7O3. The quantitative estimate of drug-likeness (QED) is 0.325. The number of hydrogen-bond donors (Lipinski definition) is 1. The number of rotatable bonds is 0.